The van der Waals surface area contributed by atoms with Crippen molar-refractivity contribution in [2.75, 3.05) is 6.61 Å². The van der Waals surface area contributed by atoms with Gasteiger partial charge in [0.05, 0.1) is 18.1 Å². The van der Waals surface area contributed by atoms with E-state index in [0.717, 1.165) is 16.9 Å². The number of hydrogen-bond donors (Lipinski definition) is 1. The molecule has 0 amide bonds. The van der Waals surface area contributed by atoms with E-state index in [-0.39, 0.29) is 23.6 Å². The van der Waals surface area contributed by atoms with Crippen LogP contribution in [0.2, 0.25) is 0 Å². The van der Waals surface area contributed by atoms with Gasteiger partial charge in [-0.2, -0.15) is 5.26 Å². The average molecular weight is 364 g/mol. The third kappa shape index (κ3) is 3.32. The molecule has 0 saturated heterocycles. The van der Waals surface area contributed by atoms with Crippen molar-refractivity contribution >= 4 is 5.97 Å². The average Bonchev–Trinajstić information content (AvgIpc) is 3.07. The van der Waals surface area contributed by atoms with Gasteiger partial charge in [0, 0.05) is 5.56 Å². The summed E-state index contributed by atoms with van der Waals surface area (Å²) in [6, 6.07) is 13.2. The molecule has 2 N–H and O–H groups in total. The van der Waals surface area contributed by atoms with Crippen LogP contribution in [0.5, 0.6) is 0 Å². The van der Waals surface area contributed by atoms with Crippen LogP contribution >= 0.6 is 0 Å². The molecule has 0 aliphatic carbocycles. The number of allylic oxidation sites excluding steroid dienone is 2. The summed E-state index contributed by atoms with van der Waals surface area (Å²) in [6.07, 6.45) is 0. The van der Waals surface area contributed by atoms with E-state index in [0.29, 0.717) is 11.5 Å². The molecule has 0 fully saturated rings. The number of rotatable bonds is 4. The minimum Gasteiger partial charge on any atom is -0.463 e. The zero-order chi connectivity index (χ0) is 19.6. The van der Waals surface area contributed by atoms with E-state index in [4.69, 9.17) is 19.6 Å². The predicted molar refractivity (Wildman–Crippen MR) is 98.9 cm³/mol. The van der Waals surface area contributed by atoms with Crippen LogP contribution in [0.25, 0.3) is 11.3 Å². The van der Waals surface area contributed by atoms with Gasteiger partial charge in [-0.1, -0.05) is 24.3 Å². The Morgan fingerprint density at radius 3 is 2.63 bits per heavy atom. The van der Waals surface area contributed by atoms with Gasteiger partial charge in [0.2, 0.25) is 5.88 Å². The summed E-state index contributed by atoms with van der Waals surface area (Å²) in [7, 11) is 0. The Morgan fingerprint density at radius 2 is 2.00 bits per heavy atom. The maximum absolute atomic E-state index is 12.7. The fraction of sp³-hybridized carbons (Fsp3) is 0.238. The summed E-state index contributed by atoms with van der Waals surface area (Å²) in [4.78, 5) is 12.7. The lowest BCUT2D eigenvalue weighted by molar-refractivity contribution is -0.139. The normalized spacial score (nSPS) is 16.7. The van der Waals surface area contributed by atoms with E-state index in [9.17, 15) is 10.1 Å². The number of esters is 1. The highest BCUT2D eigenvalue weighted by atomic mass is 16.5. The molecule has 6 nitrogen and oxygen atoms in total. The number of nitrogens with two attached hydrogens (primary N) is 1. The number of carbonyl (C=O) groups excluding carboxylic acids is 1. The fourth-order valence-corrected chi connectivity index (χ4v) is 3.22. The molecular formula is C21H20N2O4. The molecule has 1 aliphatic rings. The zero-order valence-electron chi connectivity index (χ0n) is 15.4. The molecule has 1 unspecified atom stereocenters. The second kappa shape index (κ2) is 7.42. The van der Waals surface area contributed by atoms with Gasteiger partial charge in [-0.3, -0.25) is 0 Å². The second-order valence-electron chi connectivity index (χ2n) is 6.11. The maximum atomic E-state index is 12.7. The molecule has 0 bridgehead atoms. The molecule has 1 atom stereocenters. The second-order valence-corrected chi connectivity index (χ2v) is 6.11. The molecule has 1 aromatic carbocycles. The Labute approximate surface area is 157 Å². The van der Waals surface area contributed by atoms with Crippen molar-refractivity contribution in [1.82, 2.24) is 0 Å². The minimum absolute atomic E-state index is 0.0153. The molecule has 3 rings (SSSR count). The smallest absolute Gasteiger partial charge is 0.338 e. The van der Waals surface area contributed by atoms with E-state index in [1.807, 2.05) is 43.3 Å². The minimum atomic E-state index is -0.704. The Kier molecular flexibility index (Phi) is 5.04. The number of benzene rings is 1. The van der Waals surface area contributed by atoms with Gasteiger partial charge in [-0.05, 0) is 38.5 Å². The molecule has 27 heavy (non-hydrogen) atoms. The van der Waals surface area contributed by atoms with Crippen LogP contribution in [0, 0.1) is 18.3 Å². The molecule has 138 valence electrons. The van der Waals surface area contributed by atoms with Crippen LogP contribution in [0.15, 0.2) is 63.6 Å². The highest BCUT2D eigenvalue weighted by Gasteiger charge is 2.37. The number of furan rings is 1. The quantitative estimate of drug-likeness (QED) is 0.826. The lowest BCUT2D eigenvalue weighted by Crippen LogP contribution is -2.25. The number of carbonyl (C=O) groups is 1. The number of aryl methyl sites for hydroxylation is 1. The van der Waals surface area contributed by atoms with Crippen molar-refractivity contribution in [3.8, 4) is 17.4 Å². The van der Waals surface area contributed by atoms with Gasteiger partial charge in [0.25, 0.3) is 0 Å². The van der Waals surface area contributed by atoms with Gasteiger partial charge in [-0.15, -0.1) is 0 Å². The molecule has 6 heteroatoms. The summed E-state index contributed by atoms with van der Waals surface area (Å²) in [5, 5.41) is 9.71. The maximum Gasteiger partial charge on any atom is 0.338 e. The van der Waals surface area contributed by atoms with Crippen molar-refractivity contribution in [2.45, 2.75) is 26.7 Å². The van der Waals surface area contributed by atoms with Gasteiger partial charge >= 0.3 is 5.97 Å². The van der Waals surface area contributed by atoms with E-state index >= 15 is 0 Å². The zero-order valence-corrected chi connectivity index (χ0v) is 15.4. The van der Waals surface area contributed by atoms with Crippen LogP contribution in [0.1, 0.15) is 31.1 Å². The number of nitrogens with zero attached hydrogens (tertiary/aromatic N) is 1. The van der Waals surface area contributed by atoms with Crippen molar-refractivity contribution in [1.29, 1.82) is 5.26 Å². The van der Waals surface area contributed by atoms with E-state index in [2.05, 4.69) is 6.07 Å². The first-order valence-electron chi connectivity index (χ1n) is 8.59. The number of nitriles is 1. The largest absolute Gasteiger partial charge is 0.463 e. The van der Waals surface area contributed by atoms with Crippen LogP contribution < -0.4 is 5.73 Å². The van der Waals surface area contributed by atoms with Crippen LogP contribution in [0.4, 0.5) is 0 Å². The lowest BCUT2D eigenvalue weighted by Gasteiger charge is -2.27. The first kappa shape index (κ1) is 18.3. The standard InChI is InChI=1S/C21H20N2O4/c1-4-25-21(24)18-13(3)27-20(23)16(11-22)19(18)15-8-6-5-7-14(15)17-10-9-12(2)26-17/h5-10,19H,4,23H2,1-3H3. The summed E-state index contributed by atoms with van der Waals surface area (Å²) >= 11 is 0. The van der Waals surface area contributed by atoms with Crippen LogP contribution in [0.3, 0.4) is 0 Å². The summed E-state index contributed by atoms with van der Waals surface area (Å²) in [6.45, 7) is 5.43. The third-order valence-electron chi connectivity index (χ3n) is 4.38. The van der Waals surface area contributed by atoms with Gasteiger partial charge in [-0.25, -0.2) is 4.79 Å². The predicted octanol–water partition coefficient (Wildman–Crippen LogP) is 3.90. The Hall–Kier alpha value is -3.46. The third-order valence-corrected chi connectivity index (χ3v) is 4.38. The SMILES string of the molecule is CCOC(=O)C1=C(C)OC(N)=C(C#N)C1c1ccccc1-c1ccc(C)o1. The molecule has 0 saturated carbocycles. The monoisotopic (exact) mass is 364 g/mol. The molecule has 1 aromatic heterocycles. The lowest BCUT2D eigenvalue weighted by atomic mass is 9.80. The Balaban J connectivity index is 2.24. The van der Waals surface area contributed by atoms with Crippen molar-refractivity contribution in [2.24, 2.45) is 5.73 Å². The Bertz CT molecular complexity index is 992. The molecule has 0 spiro atoms. The number of ether oxygens (including phenoxy) is 2. The van der Waals surface area contributed by atoms with Crippen molar-refractivity contribution in [3.05, 3.63) is 70.5 Å². The summed E-state index contributed by atoms with van der Waals surface area (Å²) < 4.78 is 16.4. The first-order chi connectivity index (χ1) is 13.0. The van der Waals surface area contributed by atoms with Crippen LogP contribution in [-0.2, 0) is 14.3 Å². The van der Waals surface area contributed by atoms with Crippen molar-refractivity contribution < 1.29 is 18.7 Å². The van der Waals surface area contributed by atoms with E-state index < -0.39 is 11.9 Å². The van der Waals surface area contributed by atoms with E-state index in [1.54, 1.807) is 13.8 Å². The highest BCUT2D eigenvalue weighted by Crippen LogP contribution is 2.43. The van der Waals surface area contributed by atoms with Gasteiger partial charge in [0.1, 0.15) is 28.9 Å². The fourth-order valence-electron chi connectivity index (χ4n) is 3.22. The number of hydrogen-bond acceptors (Lipinski definition) is 6. The molecular weight excluding hydrogens is 344 g/mol. The molecule has 2 heterocycles. The van der Waals surface area contributed by atoms with Gasteiger partial charge < -0.3 is 19.6 Å². The van der Waals surface area contributed by atoms with E-state index in [1.165, 1.54) is 0 Å². The molecule has 2 aromatic rings. The van der Waals surface area contributed by atoms with Crippen LogP contribution in [-0.4, -0.2) is 12.6 Å². The highest BCUT2D eigenvalue weighted by molar-refractivity contribution is 5.93. The summed E-state index contributed by atoms with van der Waals surface area (Å²) in [5.41, 5.74) is 7.88. The summed E-state index contributed by atoms with van der Waals surface area (Å²) in [5.74, 6) is 0.472. The van der Waals surface area contributed by atoms with Crippen molar-refractivity contribution in [3.63, 3.8) is 0 Å². The topological polar surface area (TPSA) is 98.5 Å². The van der Waals surface area contributed by atoms with Gasteiger partial charge in [0.15, 0.2) is 0 Å². The Morgan fingerprint density at radius 1 is 1.26 bits per heavy atom. The molecule has 0 radical (unpaired) electrons. The first-order valence-corrected chi connectivity index (χ1v) is 8.59. The molecule has 1 aliphatic heterocycles.